The van der Waals surface area contributed by atoms with E-state index >= 15 is 0 Å². The molecule has 7 nitrogen and oxygen atoms in total. The van der Waals surface area contributed by atoms with Crippen LogP contribution in [-0.4, -0.2) is 42.8 Å². The molecule has 0 saturated heterocycles. The van der Waals surface area contributed by atoms with Crippen molar-refractivity contribution in [1.29, 1.82) is 0 Å². The Kier molecular flexibility index (Phi) is 8.40. The summed E-state index contributed by atoms with van der Waals surface area (Å²) in [6.07, 6.45) is 4.77. The fourth-order valence-corrected chi connectivity index (χ4v) is 5.37. The summed E-state index contributed by atoms with van der Waals surface area (Å²) in [6.45, 7) is 1.24. The molecule has 35 heavy (non-hydrogen) atoms. The molecule has 2 atom stereocenters. The van der Waals surface area contributed by atoms with E-state index in [2.05, 4.69) is 34.9 Å². The molecule has 2 aliphatic rings. The van der Waals surface area contributed by atoms with Gasteiger partial charge in [0.2, 0.25) is 5.91 Å². The summed E-state index contributed by atoms with van der Waals surface area (Å²) in [4.78, 5) is 35.5. The molecule has 0 spiro atoms. The lowest BCUT2D eigenvalue weighted by molar-refractivity contribution is -0.143. The van der Waals surface area contributed by atoms with Crippen LogP contribution in [0.3, 0.4) is 0 Å². The molecular formula is C28H34N2O5. The monoisotopic (exact) mass is 478 g/mol. The van der Waals surface area contributed by atoms with Gasteiger partial charge in [-0.2, -0.15) is 0 Å². The molecule has 186 valence electrons. The second-order valence-electron chi connectivity index (χ2n) is 9.50. The number of unbranched alkanes of at least 4 members (excludes halogenated alkanes) is 2. The van der Waals surface area contributed by atoms with Crippen molar-refractivity contribution in [3.05, 3.63) is 59.7 Å². The number of carboxylic acids is 1. The van der Waals surface area contributed by atoms with Gasteiger partial charge in [0.25, 0.3) is 0 Å². The Hall–Kier alpha value is -3.35. The van der Waals surface area contributed by atoms with E-state index in [4.69, 9.17) is 4.74 Å². The lowest BCUT2D eigenvalue weighted by Crippen LogP contribution is -2.32. The van der Waals surface area contributed by atoms with Crippen molar-refractivity contribution in [1.82, 2.24) is 10.6 Å². The zero-order valence-corrected chi connectivity index (χ0v) is 20.0. The molecule has 7 heteroatoms. The lowest BCUT2D eigenvalue weighted by atomic mass is 9.96. The summed E-state index contributed by atoms with van der Waals surface area (Å²) in [5.74, 6) is -1.05. The number of alkyl carbamates (subject to hydrolysis) is 1. The first-order valence-corrected chi connectivity index (χ1v) is 12.6. The maximum atomic E-state index is 12.2. The average Bonchev–Trinajstić information content (AvgIpc) is 3.46. The molecule has 2 aromatic rings. The number of carbonyl (C=O) groups is 3. The zero-order valence-electron chi connectivity index (χ0n) is 20.0. The van der Waals surface area contributed by atoms with Gasteiger partial charge in [0, 0.05) is 25.4 Å². The summed E-state index contributed by atoms with van der Waals surface area (Å²) < 4.78 is 5.53. The molecule has 0 bridgehead atoms. The molecule has 0 heterocycles. The van der Waals surface area contributed by atoms with E-state index in [1.165, 1.54) is 22.3 Å². The normalized spacial score (nSPS) is 18.5. The first kappa shape index (κ1) is 24.8. The smallest absolute Gasteiger partial charge is 0.407 e. The Balaban J connectivity index is 1.09. The number of hydrogen-bond acceptors (Lipinski definition) is 4. The molecule has 4 rings (SSSR count). The number of nitrogens with one attached hydrogen (secondary N) is 2. The van der Waals surface area contributed by atoms with E-state index in [1.807, 2.05) is 24.3 Å². The summed E-state index contributed by atoms with van der Waals surface area (Å²) >= 11 is 0. The highest BCUT2D eigenvalue weighted by Gasteiger charge is 2.33. The van der Waals surface area contributed by atoms with Gasteiger partial charge in [0.05, 0.1) is 5.92 Å². The van der Waals surface area contributed by atoms with Crippen LogP contribution < -0.4 is 10.6 Å². The minimum Gasteiger partial charge on any atom is -0.481 e. The molecule has 2 aromatic carbocycles. The van der Waals surface area contributed by atoms with E-state index in [9.17, 15) is 19.5 Å². The second-order valence-corrected chi connectivity index (χ2v) is 9.50. The summed E-state index contributed by atoms with van der Waals surface area (Å²) in [5, 5.41) is 14.9. The number of carbonyl (C=O) groups excluding carboxylic acids is 2. The Bertz CT molecular complexity index is 1010. The number of hydrogen-bond donors (Lipinski definition) is 3. The van der Waals surface area contributed by atoms with Crippen molar-refractivity contribution in [2.45, 2.75) is 50.9 Å². The third-order valence-electron chi connectivity index (χ3n) is 7.23. The zero-order chi connectivity index (χ0) is 24.6. The highest BCUT2D eigenvalue weighted by atomic mass is 16.5. The van der Waals surface area contributed by atoms with E-state index in [1.54, 1.807) is 0 Å². The number of aliphatic carboxylic acids is 1. The molecule has 3 N–H and O–H groups in total. The van der Waals surface area contributed by atoms with E-state index in [0.29, 0.717) is 32.5 Å². The SMILES string of the molecule is O=C(CCCCCNC(=O)OCC1c2ccccc2-c2ccccc21)NC[C@H]1CCC[C@H]1C(=O)O. The standard InChI is InChI=1S/C28H34N2O5/c31-26(30-17-19-9-8-14-20(19)27(32)33)15-2-1-7-16-29-28(34)35-18-25-23-12-5-3-10-21(23)22-11-4-6-13-24(22)25/h3-6,10-13,19-20,25H,1-2,7-9,14-18H2,(H,29,34)(H,30,31)(H,32,33)/t19-,20-/m1/s1. The summed E-state index contributed by atoms with van der Waals surface area (Å²) in [6, 6.07) is 16.5. The van der Waals surface area contributed by atoms with Gasteiger partial charge in [0.1, 0.15) is 6.61 Å². The van der Waals surface area contributed by atoms with Gasteiger partial charge in [-0.15, -0.1) is 0 Å². The molecule has 2 amide bonds. The van der Waals surface area contributed by atoms with Crippen LogP contribution in [0.4, 0.5) is 4.79 Å². The van der Waals surface area contributed by atoms with Crippen molar-refractivity contribution in [2.24, 2.45) is 11.8 Å². The van der Waals surface area contributed by atoms with Crippen molar-refractivity contribution in [2.75, 3.05) is 19.7 Å². The van der Waals surface area contributed by atoms with Crippen molar-refractivity contribution in [3.8, 4) is 11.1 Å². The Morgan fingerprint density at radius 1 is 0.886 bits per heavy atom. The van der Waals surface area contributed by atoms with Gasteiger partial charge in [-0.25, -0.2) is 4.79 Å². The van der Waals surface area contributed by atoms with Crippen LogP contribution in [0.1, 0.15) is 62.0 Å². The highest BCUT2D eigenvalue weighted by Crippen LogP contribution is 2.44. The molecule has 0 aromatic heterocycles. The van der Waals surface area contributed by atoms with Crippen LogP contribution >= 0.6 is 0 Å². The van der Waals surface area contributed by atoms with Crippen LogP contribution in [0.2, 0.25) is 0 Å². The van der Waals surface area contributed by atoms with Crippen molar-refractivity contribution in [3.63, 3.8) is 0 Å². The predicted molar refractivity (Wildman–Crippen MR) is 133 cm³/mol. The maximum Gasteiger partial charge on any atom is 0.407 e. The summed E-state index contributed by atoms with van der Waals surface area (Å²) in [5.41, 5.74) is 4.77. The first-order valence-electron chi connectivity index (χ1n) is 12.6. The minimum absolute atomic E-state index is 0.0365. The molecule has 2 aliphatic carbocycles. The molecule has 0 unspecified atom stereocenters. The van der Waals surface area contributed by atoms with Crippen LogP contribution in [-0.2, 0) is 14.3 Å². The van der Waals surface area contributed by atoms with Gasteiger partial charge >= 0.3 is 12.1 Å². The van der Waals surface area contributed by atoms with Crippen molar-refractivity contribution < 1.29 is 24.2 Å². The molecule has 0 radical (unpaired) electrons. The number of rotatable bonds is 11. The molecular weight excluding hydrogens is 444 g/mol. The fourth-order valence-electron chi connectivity index (χ4n) is 5.37. The Morgan fingerprint density at radius 3 is 2.26 bits per heavy atom. The quantitative estimate of drug-likeness (QED) is 0.406. The van der Waals surface area contributed by atoms with Crippen LogP contribution in [0.25, 0.3) is 11.1 Å². The van der Waals surface area contributed by atoms with Crippen LogP contribution in [0.5, 0.6) is 0 Å². The minimum atomic E-state index is -0.759. The number of ether oxygens (including phenoxy) is 1. The third-order valence-corrected chi connectivity index (χ3v) is 7.23. The first-order chi connectivity index (χ1) is 17.0. The number of fused-ring (bicyclic) bond motifs is 3. The van der Waals surface area contributed by atoms with E-state index in [-0.39, 0.29) is 23.7 Å². The van der Waals surface area contributed by atoms with Crippen LogP contribution in [0.15, 0.2) is 48.5 Å². The third kappa shape index (κ3) is 6.21. The highest BCUT2D eigenvalue weighted by molar-refractivity contribution is 5.79. The van der Waals surface area contributed by atoms with Gasteiger partial charge in [-0.05, 0) is 53.9 Å². The topological polar surface area (TPSA) is 105 Å². The lowest BCUT2D eigenvalue weighted by Gasteiger charge is -2.16. The predicted octanol–water partition coefficient (Wildman–Crippen LogP) is 4.70. The van der Waals surface area contributed by atoms with Crippen molar-refractivity contribution >= 4 is 18.0 Å². The summed E-state index contributed by atoms with van der Waals surface area (Å²) in [7, 11) is 0. The molecule has 1 fully saturated rings. The Morgan fingerprint density at radius 2 is 1.57 bits per heavy atom. The van der Waals surface area contributed by atoms with Gasteiger partial charge in [-0.1, -0.05) is 61.4 Å². The largest absolute Gasteiger partial charge is 0.481 e. The average molecular weight is 479 g/mol. The van der Waals surface area contributed by atoms with Gasteiger partial charge in [0.15, 0.2) is 0 Å². The molecule has 0 aliphatic heterocycles. The Labute approximate surface area is 206 Å². The maximum absolute atomic E-state index is 12.2. The van der Waals surface area contributed by atoms with E-state index < -0.39 is 12.1 Å². The van der Waals surface area contributed by atoms with E-state index in [0.717, 1.165) is 32.1 Å². The fraction of sp³-hybridized carbons (Fsp3) is 0.464. The van der Waals surface area contributed by atoms with Gasteiger partial charge < -0.3 is 20.5 Å². The number of amides is 2. The number of benzene rings is 2. The molecule has 1 saturated carbocycles. The van der Waals surface area contributed by atoms with Crippen LogP contribution in [0, 0.1) is 11.8 Å². The van der Waals surface area contributed by atoms with Gasteiger partial charge in [-0.3, -0.25) is 9.59 Å². The number of carboxylic acid groups (broad SMARTS) is 1. The second kappa shape index (κ2) is 11.9.